The zero-order chi connectivity index (χ0) is 24.6. The van der Waals surface area contributed by atoms with Gasteiger partial charge >= 0.3 is 5.97 Å². The summed E-state index contributed by atoms with van der Waals surface area (Å²) in [7, 11) is 0. The highest BCUT2D eigenvalue weighted by molar-refractivity contribution is 8.26. The van der Waals surface area contributed by atoms with Gasteiger partial charge in [-0.2, -0.15) is 15.2 Å². The van der Waals surface area contributed by atoms with Gasteiger partial charge in [0.2, 0.25) is 5.88 Å². The van der Waals surface area contributed by atoms with Gasteiger partial charge in [0, 0.05) is 0 Å². The zero-order valence-electron chi connectivity index (χ0n) is 18.5. The van der Waals surface area contributed by atoms with Gasteiger partial charge in [0.25, 0.3) is 5.91 Å². The number of aryl methyl sites for hydroxylation is 3. The maximum atomic E-state index is 12.9. The van der Waals surface area contributed by atoms with Crippen molar-refractivity contribution in [3.05, 3.63) is 80.9 Å². The number of amides is 1. The fourth-order valence-corrected chi connectivity index (χ4v) is 4.48. The number of hydrazone groups is 1. The fraction of sp³-hybridized carbons (Fsp3) is 0.125. The summed E-state index contributed by atoms with van der Waals surface area (Å²) in [4.78, 5) is 24.4. The van der Waals surface area contributed by atoms with Crippen LogP contribution < -0.4 is 0 Å². The van der Waals surface area contributed by atoms with Crippen LogP contribution in [0, 0.1) is 20.8 Å². The summed E-state index contributed by atoms with van der Waals surface area (Å²) in [5, 5.41) is 29.6. The first-order valence-corrected chi connectivity index (χ1v) is 11.4. The predicted molar refractivity (Wildman–Crippen MR) is 135 cm³/mol. The highest BCUT2D eigenvalue weighted by Crippen LogP contribution is 2.33. The number of nitrogens with zero attached hydrogens (tertiary/aromatic N) is 4. The Morgan fingerprint density at radius 2 is 1.91 bits per heavy atom. The van der Waals surface area contributed by atoms with E-state index >= 15 is 0 Å². The van der Waals surface area contributed by atoms with Crippen molar-refractivity contribution in [3.63, 3.8) is 0 Å². The number of carbonyl (C=O) groups is 2. The third-order valence-electron chi connectivity index (χ3n) is 5.32. The number of rotatable bonds is 5. The van der Waals surface area contributed by atoms with Gasteiger partial charge in [0.15, 0.2) is 4.32 Å². The Labute approximate surface area is 205 Å². The van der Waals surface area contributed by atoms with Crippen LogP contribution in [-0.2, 0) is 4.79 Å². The second kappa shape index (κ2) is 9.24. The van der Waals surface area contributed by atoms with Gasteiger partial charge in [-0.1, -0.05) is 30.0 Å². The Hall–Kier alpha value is -3.76. The van der Waals surface area contributed by atoms with E-state index in [1.807, 2.05) is 32.0 Å². The number of hydrogen-bond acceptors (Lipinski definition) is 7. The summed E-state index contributed by atoms with van der Waals surface area (Å²) < 4.78 is 1.64. The smallest absolute Gasteiger partial charge is 0.335 e. The van der Waals surface area contributed by atoms with Gasteiger partial charge in [-0.25, -0.2) is 9.48 Å². The molecule has 0 radical (unpaired) electrons. The minimum atomic E-state index is -1.05. The van der Waals surface area contributed by atoms with Crippen molar-refractivity contribution in [2.24, 2.45) is 5.10 Å². The number of thiocarbonyl (C=S) groups is 1. The molecule has 0 saturated carbocycles. The van der Waals surface area contributed by atoms with Crippen LogP contribution in [0.4, 0.5) is 0 Å². The topological polar surface area (TPSA) is 108 Å². The fourth-order valence-electron chi connectivity index (χ4n) is 3.30. The van der Waals surface area contributed by atoms with E-state index in [9.17, 15) is 14.7 Å². The molecule has 1 aliphatic heterocycles. The molecule has 1 aliphatic rings. The summed E-state index contributed by atoms with van der Waals surface area (Å²) in [6.07, 6.45) is 2.93. The van der Waals surface area contributed by atoms with Crippen LogP contribution in [-0.4, -0.2) is 47.4 Å². The lowest BCUT2D eigenvalue weighted by atomic mass is 10.1. The van der Waals surface area contributed by atoms with Gasteiger partial charge < -0.3 is 10.2 Å². The number of benzene rings is 2. The SMILES string of the molecule is Cc1ccc(-n2nc(C)c(C=NN3C(=O)C(=Cc4cccc(C(=O)O)c4)SC3=S)c2O)cc1C. The Morgan fingerprint density at radius 3 is 2.62 bits per heavy atom. The lowest BCUT2D eigenvalue weighted by Crippen LogP contribution is -2.22. The van der Waals surface area contributed by atoms with E-state index in [2.05, 4.69) is 10.2 Å². The molecule has 1 amide bonds. The Kier molecular flexibility index (Phi) is 6.36. The molecule has 8 nitrogen and oxygen atoms in total. The lowest BCUT2D eigenvalue weighted by molar-refractivity contribution is -0.122. The molecule has 2 aromatic carbocycles. The maximum absolute atomic E-state index is 12.9. The molecule has 0 bridgehead atoms. The molecule has 0 atom stereocenters. The van der Waals surface area contributed by atoms with Crippen molar-refractivity contribution >= 4 is 52.5 Å². The molecule has 2 heterocycles. The molecular formula is C24H20N4O4S2. The average molecular weight is 493 g/mol. The van der Waals surface area contributed by atoms with Crippen molar-refractivity contribution in [2.45, 2.75) is 20.8 Å². The van der Waals surface area contributed by atoms with Crippen molar-refractivity contribution in [1.29, 1.82) is 0 Å². The lowest BCUT2D eigenvalue weighted by Gasteiger charge is -2.07. The second-order valence-electron chi connectivity index (χ2n) is 7.67. The molecule has 2 N–H and O–H groups in total. The zero-order valence-corrected chi connectivity index (χ0v) is 20.1. The van der Waals surface area contributed by atoms with E-state index in [4.69, 9.17) is 17.3 Å². The van der Waals surface area contributed by atoms with Crippen molar-refractivity contribution < 1.29 is 19.8 Å². The molecule has 0 spiro atoms. The minimum absolute atomic E-state index is 0.101. The van der Waals surface area contributed by atoms with Gasteiger partial charge in [-0.3, -0.25) is 4.79 Å². The van der Waals surface area contributed by atoms with Crippen LogP contribution in [0.15, 0.2) is 52.5 Å². The number of carboxylic acid groups (broad SMARTS) is 1. The standard InChI is InChI=1S/C24H20N4O4S2/c1-13-7-8-18(9-14(13)2)27-21(29)19(15(3)26-27)12-25-28-22(30)20(34-24(28)33)11-16-5-4-6-17(10-16)23(31)32/h4-12,29H,1-3H3,(H,31,32). The van der Waals surface area contributed by atoms with Crippen LogP contribution in [0.5, 0.6) is 5.88 Å². The van der Waals surface area contributed by atoms with Crippen LogP contribution in [0.3, 0.4) is 0 Å². The molecule has 3 aromatic rings. The predicted octanol–water partition coefficient (Wildman–Crippen LogP) is 4.44. The van der Waals surface area contributed by atoms with Crippen LogP contribution >= 0.6 is 24.0 Å². The van der Waals surface area contributed by atoms with Crippen LogP contribution in [0.2, 0.25) is 0 Å². The van der Waals surface area contributed by atoms with Gasteiger partial charge in [-0.05, 0) is 80.0 Å². The van der Waals surface area contributed by atoms with E-state index < -0.39 is 11.9 Å². The first kappa shape index (κ1) is 23.4. The molecular weight excluding hydrogens is 472 g/mol. The molecule has 0 aliphatic carbocycles. The highest BCUT2D eigenvalue weighted by Gasteiger charge is 2.32. The number of aromatic carboxylic acids is 1. The number of carbonyl (C=O) groups excluding carboxylic acids is 1. The molecule has 1 fully saturated rings. The summed E-state index contributed by atoms with van der Waals surface area (Å²) in [6, 6.07) is 12.0. The highest BCUT2D eigenvalue weighted by atomic mass is 32.2. The number of aromatic hydroxyl groups is 1. The van der Waals surface area contributed by atoms with E-state index in [1.54, 1.807) is 25.1 Å². The third-order valence-corrected chi connectivity index (χ3v) is 6.61. The van der Waals surface area contributed by atoms with Gasteiger partial charge in [0.05, 0.1) is 33.6 Å². The number of carboxylic acids is 1. The minimum Gasteiger partial charge on any atom is -0.493 e. The van der Waals surface area contributed by atoms with E-state index in [0.29, 0.717) is 27.4 Å². The Morgan fingerprint density at radius 1 is 1.15 bits per heavy atom. The van der Waals surface area contributed by atoms with E-state index in [-0.39, 0.29) is 15.8 Å². The number of hydrogen-bond donors (Lipinski definition) is 2. The quantitative estimate of drug-likeness (QED) is 0.308. The molecule has 1 aromatic heterocycles. The Balaban J connectivity index is 1.60. The molecule has 0 unspecified atom stereocenters. The molecule has 4 rings (SSSR count). The molecule has 1 saturated heterocycles. The summed E-state index contributed by atoms with van der Waals surface area (Å²) >= 11 is 6.37. The van der Waals surface area contributed by atoms with Crippen molar-refractivity contribution in [3.8, 4) is 11.6 Å². The van der Waals surface area contributed by atoms with E-state index in [0.717, 1.165) is 27.9 Å². The first-order valence-electron chi connectivity index (χ1n) is 10.2. The maximum Gasteiger partial charge on any atom is 0.335 e. The Bertz CT molecular complexity index is 1410. The number of aromatic nitrogens is 2. The molecule has 34 heavy (non-hydrogen) atoms. The number of thioether (sulfide) groups is 1. The summed E-state index contributed by atoms with van der Waals surface area (Å²) in [6.45, 7) is 5.72. The monoisotopic (exact) mass is 492 g/mol. The van der Waals surface area contributed by atoms with Crippen molar-refractivity contribution in [2.75, 3.05) is 0 Å². The van der Waals surface area contributed by atoms with Crippen LogP contribution in [0.1, 0.15) is 38.3 Å². The van der Waals surface area contributed by atoms with Crippen LogP contribution in [0.25, 0.3) is 11.8 Å². The summed E-state index contributed by atoms with van der Waals surface area (Å²) in [5.74, 6) is -1.59. The van der Waals surface area contributed by atoms with Gasteiger partial charge in [-0.15, -0.1) is 0 Å². The third kappa shape index (κ3) is 4.50. The molecule has 172 valence electrons. The second-order valence-corrected chi connectivity index (χ2v) is 9.35. The van der Waals surface area contributed by atoms with Gasteiger partial charge in [0.1, 0.15) is 0 Å². The largest absolute Gasteiger partial charge is 0.493 e. The van der Waals surface area contributed by atoms with E-state index in [1.165, 1.54) is 23.0 Å². The van der Waals surface area contributed by atoms with Crippen molar-refractivity contribution in [1.82, 2.24) is 14.8 Å². The normalized spacial score (nSPS) is 15.1. The average Bonchev–Trinajstić information content (AvgIpc) is 3.23. The first-order chi connectivity index (χ1) is 16.2. The summed E-state index contributed by atoms with van der Waals surface area (Å²) in [5.41, 5.74) is 4.49. The molecule has 10 heteroatoms.